The van der Waals surface area contributed by atoms with E-state index in [9.17, 15) is 4.79 Å². The Morgan fingerprint density at radius 3 is 2.03 bits per heavy atom. The van der Waals surface area contributed by atoms with Crippen molar-refractivity contribution in [1.29, 1.82) is 0 Å². The number of ether oxygens (including phenoxy) is 3. The highest BCUT2D eigenvalue weighted by molar-refractivity contribution is 7.15. The van der Waals surface area contributed by atoms with Crippen LogP contribution < -0.4 is 0 Å². The maximum Gasteiger partial charge on any atom is 0.331 e. The smallest absolute Gasteiger partial charge is 0.331 e. The first kappa shape index (κ1) is 25.2. The van der Waals surface area contributed by atoms with Gasteiger partial charge in [-0.15, -0.1) is 18.5 Å². The van der Waals surface area contributed by atoms with Gasteiger partial charge in [-0.3, -0.25) is 0 Å². The van der Waals surface area contributed by atoms with Crippen LogP contribution in [0.4, 0.5) is 0 Å². The van der Waals surface area contributed by atoms with Gasteiger partial charge >= 0.3 is 5.97 Å². The van der Waals surface area contributed by atoms with Gasteiger partial charge in [0.25, 0.3) is 0 Å². The second kappa shape index (κ2) is 12.7. The number of carbonyl (C=O) groups is 1. The highest BCUT2D eigenvalue weighted by atomic mass is 31.0. The van der Waals surface area contributed by atoms with Crippen molar-refractivity contribution in [2.45, 2.75) is 36.7 Å². The van der Waals surface area contributed by atoms with Crippen molar-refractivity contribution >= 4 is 36.6 Å². The maximum absolute atomic E-state index is 12.3. The van der Waals surface area contributed by atoms with Gasteiger partial charge in [0, 0.05) is 6.08 Å². The molecule has 0 bridgehead atoms. The quantitative estimate of drug-likeness (QED) is 0.122. The van der Waals surface area contributed by atoms with Gasteiger partial charge in [0.2, 0.25) is 0 Å². The van der Waals surface area contributed by atoms with Gasteiger partial charge in [-0.05, 0) is 40.7 Å². The van der Waals surface area contributed by atoms with Crippen molar-refractivity contribution in [2.75, 3.05) is 19.8 Å². The Labute approximate surface area is 205 Å². The number of rotatable bonds is 10. The lowest BCUT2D eigenvalue weighted by atomic mass is 10.1. The van der Waals surface area contributed by atoms with E-state index in [-0.39, 0.29) is 24.9 Å². The first-order chi connectivity index (χ1) is 16.7. The Balaban J connectivity index is 1.18. The molecule has 0 saturated carbocycles. The summed E-state index contributed by atoms with van der Waals surface area (Å²) >= 11 is 0. The van der Waals surface area contributed by atoms with Gasteiger partial charge in [0.15, 0.2) is 6.10 Å². The van der Waals surface area contributed by atoms with E-state index in [1.54, 1.807) is 6.08 Å². The van der Waals surface area contributed by atoms with Crippen molar-refractivity contribution < 1.29 is 28.8 Å². The fraction of sp³-hybridized carbons (Fsp3) is 0.346. The summed E-state index contributed by atoms with van der Waals surface area (Å²) in [5.74, 6) is -0.426. The van der Waals surface area contributed by atoms with E-state index >= 15 is 0 Å². The molecule has 0 radical (unpaired) electrons. The molecule has 2 heterocycles. The first-order valence-corrected chi connectivity index (χ1v) is 12.9. The van der Waals surface area contributed by atoms with E-state index in [4.69, 9.17) is 24.0 Å². The minimum Gasteiger partial charge on any atom is -0.454 e. The van der Waals surface area contributed by atoms with Crippen molar-refractivity contribution in [3.63, 3.8) is 0 Å². The van der Waals surface area contributed by atoms with Crippen LogP contribution in [0.3, 0.4) is 0 Å². The van der Waals surface area contributed by atoms with Gasteiger partial charge in [0.05, 0.1) is 13.2 Å². The summed E-state index contributed by atoms with van der Waals surface area (Å²) < 4.78 is 17.1. The first-order valence-electron chi connectivity index (χ1n) is 11.3. The van der Waals surface area contributed by atoms with E-state index in [1.807, 2.05) is 36.4 Å². The van der Waals surface area contributed by atoms with E-state index in [2.05, 4.69) is 42.7 Å². The van der Waals surface area contributed by atoms with E-state index in [0.29, 0.717) is 13.2 Å². The Morgan fingerprint density at radius 2 is 1.41 bits per heavy atom. The lowest BCUT2D eigenvalue weighted by molar-refractivity contribution is -0.326. The van der Waals surface area contributed by atoms with Gasteiger partial charge in [-0.25, -0.2) is 14.6 Å². The van der Waals surface area contributed by atoms with Crippen LogP contribution >= 0.6 is 18.5 Å². The second-order valence-electron chi connectivity index (χ2n) is 8.12. The molecule has 0 spiro atoms. The number of hydrogen-bond acceptors (Lipinski definition) is 6. The molecule has 0 aliphatic carbocycles. The molecule has 0 N–H and O–H groups in total. The van der Waals surface area contributed by atoms with E-state index < -0.39 is 12.1 Å². The number of hydrogen-bond donors (Lipinski definition) is 0. The molecule has 2 aromatic carbocycles. The standard InChI is InChI=1S/C26H30O6P2/c27-24(12-11-19-5-9-21(17-34)10-6-19)31-22-14-28-26-23(15-29-25(22)26)32-30-13-1-2-18-3-7-20(16-33)8-4-18/h1-12,22-23,25-26H,13-17,33-34H2/b2-1+,12-11+/t22?,23?,25-,26-/m1/s1. The maximum atomic E-state index is 12.3. The van der Waals surface area contributed by atoms with Crippen molar-refractivity contribution in [3.05, 3.63) is 82.9 Å². The molecule has 0 amide bonds. The Hall–Kier alpha value is -1.91. The third-order valence-electron chi connectivity index (χ3n) is 5.74. The topological polar surface area (TPSA) is 63.2 Å². The molecule has 180 valence electrons. The lowest BCUT2D eigenvalue weighted by Crippen LogP contribution is -2.34. The summed E-state index contributed by atoms with van der Waals surface area (Å²) in [6.45, 7) is 0.895. The molecule has 8 heteroatoms. The van der Waals surface area contributed by atoms with Gasteiger partial charge in [-0.1, -0.05) is 60.7 Å². The summed E-state index contributed by atoms with van der Waals surface area (Å²) in [5, 5.41) is 0. The van der Waals surface area contributed by atoms with Gasteiger partial charge < -0.3 is 14.2 Å². The Morgan fingerprint density at radius 1 is 0.853 bits per heavy atom. The molecule has 4 unspecified atom stereocenters. The summed E-state index contributed by atoms with van der Waals surface area (Å²) in [6.07, 6.45) is 7.35. The van der Waals surface area contributed by atoms with Crippen molar-refractivity contribution in [1.82, 2.24) is 0 Å². The average molecular weight is 500 g/mol. The molecule has 6 atom stereocenters. The predicted octanol–water partition coefficient (Wildman–Crippen LogP) is 4.19. The fourth-order valence-corrected chi connectivity index (χ4v) is 4.39. The highest BCUT2D eigenvalue weighted by Gasteiger charge is 2.50. The summed E-state index contributed by atoms with van der Waals surface area (Å²) in [6, 6.07) is 16.3. The van der Waals surface area contributed by atoms with E-state index in [1.165, 1.54) is 17.2 Å². The Kier molecular flexibility index (Phi) is 9.41. The van der Waals surface area contributed by atoms with Crippen LogP contribution in [0.15, 0.2) is 60.7 Å². The molecular weight excluding hydrogens is 470 g/mol. The normalized spacial score (nSPS) is 24.2. The molecule has 0 aromatic heterocycles. The van der Waals surface area contributed by atoms with Crippen LogP contribution in [-0.2, 0) is 41.1 Å². The lowest BCUT2D eigenvalue weighted by Gasteiger charge is -2.16. The molecule has 2 aliphatic rings. The third kappa shape index (κ3) is 6.82. The summed E-state index contributed by atoms with van der Waals surface area (Å²) in [5.41, 5.74) is 4.53. The molecule has 34 heavy (non-hydrogen) atoms. The zero-order valence-electron chi connectivity index (χ0n) is 18.9. The molecule has 2 fully saturated rings. The van der Waals surface area contributed by atoms with Crippen LogP contribution in [-0.4, -0.2) is 50.2 Å². The molecule has 4 rings (SSSR count). The van der Waals surface area contributed by atoms with Crippen LogP contribution in [0.25, 0.3) is 12.2 Å². The van der Waals surface area contributed by atoms with Gasteiger partial charge in [-0.2, -0.15) is 0 Å². The van der Waals surface area contributed by atoms with Crippen LogP contribution in [0.2, 0.25) is 0 Å². The van der Waals surface area contributed by atoms with E-state index in [0.717, 1.165) is 23.5 Å². The van der Waals surface area contributed by atoms with Crippen molar-refractivity contribution in [3.8, 4) is 0 Å². The Bertz CT molecular complexity index is 989. The largest absolute Gasteiger partial charge is 0.454 e. The third-order valence-corrected chi connectivity index (χ3v) is 6.68. The zero-order chi connectivity index (χ0) is 23.8. The summed E-state index contributed by atoms with van der Waals surface area (Å²) in [7, 11) is 5.40. The number of fused-ring (bicyclic) bond motifs is 1. The monoisotopic (exact) mass is 500 g/mol. The van der Waals surface area contributed by atoms with Crippen LogP contribution in [0, 0.1) is 0 Å². The minimum atomic E-state index is -0.473. The molecule has 6 nitrogen and oxygen atoms in total. The zero-order valence-corrected chi connectivity index (χ0v) is 21.2. The number of benzene rings is 2. The SMILES string of the molecule is O=C(/C=C/c1ccc(CP)cc1)OC1CO[C@@H]2C(OOC/C=C/c3ccc(CP)cc3)CO[C@H]12. The molecule has 2 aliphatic heterocycles. The second-order valence-corrected chi connectivity index (χ2v) is 8.93. The summed E-state index contributed by atoms with van der Waals surface area (Å²) in [4.78, 5) is 23.1. The fourth-order valence-electron chi connectivity index (χ4n) is 3.85. The molecule has 2 aromatic rings. The van der Waals surface area contributed by atoms with Crippen LogP contribution in [0.5, 0.6) is 0 Å². The average Bonchev–Trinajstić information content (AvgIpc) is 3.46. The minimum absolute atomic E-state index is 0.268. The molecular formula is C26H30O6P2. The predicted molar refractivity (Wildman–Crippen MR) is 138 cm³/mol. The number of esters is 1. The van der Waals surface area contributed by atoms with Crippen molar-refractivity contribution in [2.24, 2.45) is 0 Å². The van der Waals surface area contributed by atoms with Gasteiger partial charge in [0.1, 0.15) is 24.9 Å². The molecule has 2 saturated heterocycles. The number of carbonyl (C=O) groups excluding carboxylic acids is 1. The van der Waals surface area contributed by atoms with Crippen LogP contribution in [0.1, 0.15) is 22.3 Å². The highest BCUT2D eigenvalue weighted by Crippen LogP contribution is 2.30.